The van der Waals surface area contributed by atoms with E-state index in [1.165, 1.54) is 4.90 Å². The van der Waals surface area contributed by atoms with Gasteiger partial charge in [0.25, 0.3) is 0 Å². The highest BCUT2D eigenvalue weighted by molar-refractivity contribution is 6.02. The van der Waals surface area contributed by atoms with Crippen LogP contribution < -0.4 is 5.32 Å². The third kappa shape index (κ3) is 3.77. The van der Waals surface area contributed by atoms with Gasteiger partial charge in [-0.15, -0.1) is 0 Å². The standard InChI is InChI=1S/C12H20N2O2/c1-9(7-13-12(2,3)4)8-14-10(15)5-6-11(14)16/h13H,1,5-8H2,2-4H3. The van der Waals surface area contributed by atoms with Crippen molar-refractivity contribution in [1.82, 2.24) is 10.2 Å². The van der Waals surface area contributed by atoms with E-state index in [2.05, 4.69) is 32.7 Å². The molecule has 0 aromatic heterocycles. The molecule has 4 heteroatoms. The number of amides is 2. The van der Waals surface area contributed by atoms with Gasteiger partial charge in [-0.2, -0.15) is 0 Å². The number of hydrogen-bond donors (Lipinski definition) is 1. The quantitative estimate of drug-likeness (QED) is 0.574. The molecule has 2 amide bonds. The van der Waals surface area contributed by atoms with Gasteiger partial charge < -0.3 is 5.32 Å². The minimum absolute atomic E-state index is 0.0158. The average molecular weight is 224 g/mol. The zero-order chi connectivity index (χ0) is 12.3. The van der Waals surface area contributed by atoms with Crippen LogP contribution in [0.2, 0.25) is 0 Å². The molecule has 0 spiro atoms. The van der Waals surface area contributed by atoms with Crippen LogP contribution in [0, 0.1) is 0 Å². The largest absolute Gasteiger partial charge is 0.308 e. The van der Waals surface area contributed by atoms with Gasteiger partial charge in [-0.25, -0.2) is 0 Å². The SMILES string of the molecule is C=C(CNC(C)(C)C)CN1C(=O)CCC1=O. The minimum atomic E-state index is -0.0816. The fraction of sp³-hybridized carbons (Fsp3) is 0.667. The molecule has 0 aromatic rings. The van der Waals surface area contributed by atoms with Crippen molar-refractivity contribution in [1.29, 1.82) is 0 Å². The van der Waals surface area contributed by atoms with Gasteiger partial charge in [0.05, 0.1) is 6.54 Å². The number of nitrogens with one attached hydrogen (secondary N) is 1. The molecule has 1 rings (SSSR count). The molecular formula is C12H20N2O2. The smallest absolute Gasteiger partial charge is 0.229 e. The molecule has 0 aromatic carbocycles. The van der Waals surface area contributed by atoms with Gasteiger partial charge in [-0.05, 0) is 26.3 Å². The maximum Gasteiger partial charge on any atom is 0.229 e. The van der Waals surface area contributed by atoms with Crippen molar-refractivity contribution in [3.8, 4) is 0 Å². The number of likely N-dealkylation sites (tertiary alicyclic amines) is 1. The lowest BCUT2D eigenvalue weighted by molar-refractivity contribution is -0.137. The fourth-order valence-corrected chi connectivity index (χ4v) is 1.47. The zero-order valence-corrected chi connectivity index (χ0v) is 10.3. The Balaban J connectivity index is 2.40. The van der Waals surface area contributed by atoms with E-state index < -0.39 is 0 Å². The lowest BCUT2D eigenvalue weighted by Crippen LogP contribution is -2.39. The third-order valence-electron chi connectivity index (χ3n) is 2.41. The van der Waals surface area contributed by atoms with Gasteiger partial charge in [0.15, 0.2) is 0 Å². The first kappa shape index (κ1) is 12.9. The number of carbonyl (C=O) groups is 2. The highest BCUT2D eigenvalue weighted by Crippen LogP contribution is 2.13. The maximum absolute atomic E-state index is 11.4. The molecule has 4 nitrogen and oxygen atoms in total. The van der Waals surface area contributed by atoms with Gasteiger partial charge in [0.2, 0.25) is 11.8 Å². The van der Waals surface area contributed by atoms with E-state index >= 15 is 0 Å². The van der Waals surface area contributed by atoms with Crippen LogP contribution in [0.5, 0.6) is 0 Å². The van der Waals surface area contributed by atoms with E-state index in [1.54, 1.807) is 0 Å². The maximum atomic E-state index is 11.4. The summed E-state index contributed by atoms with van der Waals surface area (Å²) in [6.45, 7) is 11.0. The molecule has 1 aliphatic rings. The third-order valence-corrected chi connectivity index (χ3v) is 2.41. The van der Waals surface area contributed by atoms with Crippen molar-refractivity contribution < 1.29 is 9.59 Å². The van der Waals surface area contributed by atoms with E-state index in [0.717, 1.165) is 5.57 Å². The van der Waals surface area contributed by atoms with E-state index in [1.807, 2.05) is 0 Å². The lowest BCUT2D eigenvalue weighted by Gasteiger charge is -2.23. The Morgan fingerprint density at radius 2 is 1.81 bits per heavy atom. The average Bonchev–Trinajstić information content (AvgIpc) is 2.45. The molecule has 0 unspecified atom stereocenters. The molecule has 0 aliphatic carbocycles. The number of rotatable bonds is 4. The Kier molecular flexibility index (Phi) is 3.86. The summed E-state index contributed by atoms with van der Waals surface area (Å²) in [6.07, 6.45) is 0.692. The summed E-state index contributed by atoms with van der Waals surface area (Å²) in [5, 5.41) is 3.28. The molecule has 16 heavy (non-hydrogen) atoms. The summed E-state index contributed by atoms with van der Waals surface area (Å²) in [6, 6.07) is 0. The fourth-order valence-electron chi connectivity index (χ4n) is 1.47. The predicted molar refractivity (Wildman–Crippen MR) is 62.8 cm³/mol. The van der Waals surface area contributed by atoms with Gasteiger partial charge in [0.1, 0.15) is 0 Å². The first-order valence-electron chi connectivity index (χ1n) is 5.54. The number of carbonyl (C=O) groups excluding carboxylic acids is 2. The second-order valence-electron chi connectivity index (χ2n) is 5.23. The second-order valence-corrected chi connectivity index (χ2v) is 5.23. The summed E-state index contributed by atoms with van der Waals surface area (Å²) in [5.74, 6) is -0.163. The van der Waals surface area contributed by atoms with E-state index in [9.17, 15) is 9.59 Å². The van der Waals surface area contributed by atoms with Gasteiger partial charge in [-0.3, -0.25) is 14.5 Å². The van der Waals surface area contributed by atoms with Crippen LogP contribution in [0.3, 0.4) is 0 Å². The first-order valence-corrected chi connectivity index (χ1v) is 5.54. The van der Waals surface area contributed by atoms with Crippen LogP contribution in [-0.4, -0.2) is 35.3 Å². The van der Waals surface area contributed by atoms with Gasteiger partial charge in [0, 0.05) is 24.9 Å². The summed E-state index contributed by atoms with van der Waals surface area (Å²) in [7, 11) is 0. The second kappa shape index (κ2) is 4.78. The molecule has 1 N–H and O–H groups in total. The van der Waals surface area contributed by atoms with Crippen molar-refractivity contribution in [2.24, 2.45) is 0 Å². The van der Waals surface area contributed by atoms with Crippen molar-refractivity contribution in [3.05, 3.63) is 12.2 Å². The molecule has 1 fully saturated rings. The number of nitrogens with zero attached hydrogens (tertiary/aromatic N) is 1. The number of hydrogen-bond acceptors (Lipinski definition) is 3. The van der Waals surface area contributed by atoms with Crippen LogP contribution in [0.15, 0.2) is 12.2 Å². The summed E-state index contributed by atoms with van der Waals surface area (Å²) in [4.78, 5) is 24.0. The highest BCUT2D eigenvalue weighted by atomic mass is 16.2. The van der Waals surface area contributed by atoms with Crippen molar-refractivity contribution in [2.45, 2.75) is 39.2 Å². The molecule has 0 bridgehead atoms. The molecule has 1 heterocycles. The summed E-state index contributed by atoms with van der Waals surface area (Å²) in [5.41, 5.74) is 0.876. The lowest BCUT2D eigenvalue weighted by atomic mass is 10.1. The highest BCUT2D eigenvalue weighted by Gasteiger charge is 2.28. The van der Waals surface area contributed by atoms with Crippen LogP contribution in [0.1, 0.15) is 33.6 Å². The minimum Gasteiger partial charge on any atom is -0.308 e. The molecule has 0 radical (unpaired) electrons. The summed E-state index contributed by atoms with van der Waals surface area (Å²) >= 11 is 0. The Hall–Kier alpha value is -1.16. The topological polar surface area (TPSA) is 49.4 Å². The first-order chi connectivity index (χ1) is 7.29. The molecular weight excluding hydrogens is 204 g/mol. The van der Waals surface area contributed by atoms with Gasteiger partial charge in [-0.1, -0.05) is 6.58 Å². The van der Waals surface area contributed by atoms with Crippen LogP contribution >= 0.6 is 0 Å². The van der Waals surface area contributed by atoms with E-state index in [4.69, 9.17) is 0 Å². The summed E-state index contributed by atoms with van der Waals surface area (Å²) < 4.78 is 0. The van der Waals surface area contributed by atoms with E-state index in [-0.39, 0.29) is 17.4 Å². The Bertz CT molecular complexity index is 299. The zero-order valence-electron chi connectivity index (χ0n) is 10.3. The molecule has 0 saturated carbocycles. The monoisotopic (exact) mass is 224 g/mol. The molecule has 90 valence electrons. The predicted octanol–water partition coefficient (Wildman–Crippen LogP) is 1.08. The Morgan fingerprint density at radius 3 is 2.25 bits per heavy atom. The number of imide groups is 1. The van der Waals surface area contributed by atoms with Gasteiger partial charge >= 0.3 is 0 Å². The molecule has 1 aliphatic heterocycles. The van der Waals surface area contributed by atoms with E-state index in [0.29, 0.717) is 25.9 Å². The Labute approximate surface area is 96.7 Å². The van der Waals surface area contributed by atoms with Crippen molar-refractivity contribution >= 4 is 11.8 Å². The molecule has 0 atom stereocenters. The van der Waals surface area contributed by atoms with Crippen molar-refractivity contribution in [3.63, 3.8) is 0 Å². The van der Waals surface area contributed by atoms with Crippen LogP contribution in [0.25, 0.3) is 0 Å². The van der Waals surface area contributed by atoms with Crippen LogP contribution in [-0.2, 0) is 9.59 Å². The molecule has 1 saturated heterocycles. The Morgan fingerprint density at radius 1 is 1.31 bits per heavy atom. The van der Waals surface area contributed by atoms with Crippen LogP contribution in [0.4, 0.5) is 0 Å². The van der Waals surface area contributed by atoms with Crippen molar-refractivity contribution in [2.75, 3.05) is 13.1 Å². The normalized spacial score (nSPS) is 17.1.